The van der Waals surface area contributed by atoms with Gasteiger partial charge in [-0.1, -0.05) is 71.1 Å². The van der Waals surface area contributed by atoms with Gasteiger partial charge in [-0.05, 0) is 107 Å². The zero-order valence-electron chi connectivity index (χ0n) is 43.4. The quantitative estimate of drug-likeness (QED) is 0.0818. The number of carbonyl (C=O) groups excluding carboxylic acids is 5. The van der Waals surface area contributed by atoms with Crippen LogP contribution in [0.5, 0.6) is 0 Å². The number of ether oxygens (including phenoxy) is 5. The standard InChI is InChI=1S/C52H78F3NO15S/c1-30-16-12-11-13-17-31(2)42(66-8)28-38-21-19-36(7)51(63,70-38)48(60)49(61)56-23-15-14-18-39(56)50(62)69-43(29-40(57)32(3)25-35(6)46(59)47(68-10)45(58)34(5)24-30)33(4)26-37-20-22-41(44(27-37)67-9)71-72(64,65)52(53,54)55/h11-13,16-17,25,30,32-34,36-39,41-44,46-47,59,63H,14-15,18-24,26-29H2,1-10H3/b13-11+,16-12+,31-17+,35-25+/t30-,32-,33-,34-,36-,37+,38+,39+,41+,42+,43+,44?,46-,47+,51-/m1/s1. The number of aliphatic hydroxyl groups excluding tert-OH is 1. The number of Topliss-reactive ketones (excluding diaryl/α,β-unsaturated/α-hetero) is 3. The second kappa shape index (κ2) is 26.7. The summed E-state index contributed by atoms with van der Waals surface area (Å²) in [6.07, 6.45) is 6.01. The lowest BCUT2D eigenvalue weighted by Crippen LogP contribution is -2.61. The van der Waals surface area contributed by atoms with E-state index in [1.807, 2.05) is 44.2 Å². The van der Waals surface area contributed by atoms with Crippen LogP contribution in [0.4, 0.5) is 13.2 Å². The molecule has 3 heterocycles. The highest BCUT2D eigenvalue weighted by Crippen LogP contribution is 2.39. The topological polar surface area (TPSA) is 219 Å². The normalized spacial score (nSPS) is 38.1. The maximum absolute atomic E-state index is 14.4. The number of piperidine rings is 1. The number of amides is 1. The Morgan fingerprint density at radius 1 is 0.861 bits per heavy atom. The van der Waals surface area contributed by atoms with E-state index in [1.54, 1.807) is 34.6 Å². The number of rotatable bonds is 8. The molecule has 15 atom stereocenters. The molecule has 4 aliphatic rings. The van der Waals surface area contributed by atoms with E-state index < -0.39 is 117 Å². The van der Waals surface area contributed by atoms with Crippen molar-refractivity contribution in [2.45, 2.75) is 186 Å². The number of esters is 1. The predicted molar refractivity (Wildman–Crippen MR) is 259 cm³/mol. The van der Waals surface area contributed by atoms with Gasteiger partial charge in [0, 0.05) is 58.5 Å². The van der Waals surface area contributed by atoms with Gasteiger partial charge in [-0.25, -0.2) is 4.79 Å². The number of fused-ring (bicyclic) bond motifs is 3. The number of cyclic esters (lactones) is 1. The lowest BCUT2D eigenvalue weighted by molar-refractivity contribution is -0.265. The molecule has 0 aromatic heterocycles. The molecule has 16 nitrogen and oxygen atoms in total. The van der Waals surface area contributed by atoms with E-state index >= 15 is 0 Å². The Labute approximate surface area is 423 Å². The molecule has 20 heteroatoms. The van der Waals surface area contributed by atoms with Crippen LogP contribution in [0.15, 0.2) is 47.6 Å². The summed E-state index contributed by atoms with van der Waals surface area (Å²) in [6, 6.07) is -1.28. The van der Waals surface area contributed by atoms with Crippen molar-refractivity contribution in [3.05, 3.63) is 47.6 Å². The first-order valence-electron chi connectivity index (χ1n) is 25.2. The molecule has 1 aliphatic carbocycles. The fourth-order valence-electron chi connectivity index (χ4n) is 10.4. The van der Waals surface area contributed by atoms with Crippen molar-refractivity contribution in [3.8, 4) is 0 Å². The molecular formula is C52H78F3NO15S. The number of methoxy groups -OCH3 is 3. The minimum absolute atomic E-state index is 0.0182. The van der Waals surface area contributed by atoms with Crippen molar-refractivity contribution in [2.75, 3.05) is 27.9 Å². The van der Waals surface area contributed by atoms with Crippen molar-refractivity contribution in [1.29, 1.82) is 0 Å². The van der Waals surface area contributed by atoms with Crippen LogP contribution >= 0.6 is 0 Å². The largest absolute Gasteiger partial charge is 0.523 e. The van der Waals surface area contributed by atoms with E-state index in [1.165, 1.54) is 27.4 Å². The second-order valence-electron chi connectivity index (χ2n) is 20.6. The first-order chi connectivity index (χ1) is 33.7. The fourth-order valence-corrected chi connectivity index (χ4v) is 11.1. The summed E-state index contributed by atoms with van der Waals surface area (Å²) in [5.41, 5.74) is -4.52. The molecule has 2 bridgehead atoms. The van der Waals surface area contributed by atoms with Crippen LogP contribution in [0.3, 0.4) is 0 Å². The van der Waals surface area contributed by atoms with E-state index in [9.17, 15) is 55.8 Å². The molecule has 3 aliphatic heterocycles. The first kappa shape index (κ1) is 60.9. The zero-order valence-corrected chi connectivity index (χ0v) is 44.2. The fraction of sp³-hybridized carbons (Fsp3) is 0.750. The van der Waals surface area contributed by atoms with Gasteiger partial charge >= 0.3 is 21.6 Å². The minimum Gasteiger partial charge on any atom is -0.460 e. The van der Waals surface area contributed by atoms with E-state index in [0.717, 1.165) is 10.5 Å². The zero-order chi connectivity index (χ0) is 53.9. The summed E-state index contributed by atoms with van der Waals surface area (Å²) in [7, 11) is -1.83. The first-order valence-corrected chi connectivity index (χ1v) is 26.6. The summed E-state index contributed by atoms with van der Waals surface area (Å²) >= 11 is 0. The summed E-state index contributed by atoms with van der Waals surface area (Å²) < 4.78 is 97.1. The van der Waals surface area contributed by atoms with Gasteiger partial charge < -0.3 is 38.8 Å². The van der Waals surface area contributed by atoms with E-state index in [2.05, 4.69) is 4.18 Å². The molecule has 408 valence electrons. The van der Waals surface area contributed by atoms with Crippen molar-refractivity contribution >= 4 is 39.3 Å². The van der Waals surface area contributed by atoms with Crippen molar-refractivity contribution in [3.63, 3.8) is 0 Å². The van der Waals surface area contributed by atoms with Gasteiger partial charge in [-0.15, -0.1) is 0 Å². The second-order valence-corrected chi connectivity index (χ2v) is 22.1. The van der Waals surface area contributed by atoms with Gasteiger partial charge in [0.15, 0.2) is 5.78 Å². The van der Waals surface area contributed by atoms with Crippen LogP contribution in [-0.4, -0.2) is 141 Å². The van der Waals surface area contributed by atoms with Gasteiger partial charge in [0.25, 0.3) is 11.7 Å². The lowest BCUT2D eigenvalue weighted by Gasteiger charge is -2.42. The highest BCUT2D eigenvalue weighted by molar-refractivity contribution is 7.87. The van der Waals surface area contributed by atoms with Crippen LogP contribution in [-0.2, 0) is 62.0 Å². The van der Waals surface area contributed by atoms with Crippen LogP contribution in [0.1, 0.15) is 126 Å². The molecule has 3 fully saturated rings. The molecule has 2 N–H and O–H groups in total. The molecule has 72 heavy (non-hydrogen) atoms. The van der Waals surface area contributed by atoms with Crippen LogP contribution in [0.2, 0.25) is 0 Å². The van der Waals surface area contributed by atoms with E-state index in [0.29, 0.717) is 32.1 Å². The molecule has 0 spiro atoms. The van der Waals surface area contributed by atoms with Crippen LogP contribution in [0.25, 0.3) is 0 Å². The van der Waals surface area contributed by atoms with Crippen LogP contribution in [0, 0.1) is 35.5 Å². The van der Waals surface area contributed by atoms with Gasteiger partial charge in [0.2, 0.25) is 5.79 Å². The molecule has 0 radical (unpaired) electrons. The number of halogens is 3. The van der Waals surface area contributed by atoms with Gasteiger partial charge in [-0.2, -0.15) is 21.6 Å². The van der Waals surface area contributed by atoms with Gasteiger partial charge in [0.1, 0.15) is 36.2 Å². The van der Waals surface area contributed by atoms with Gasteiger partial charge in [0.05, 0.1) is 18.3 Å². The Balaban J connectivity index is 1.70. The van der Waals surface area contributed by atoms with E-state index in [4.69, 9.17) is 23.7 Å². The number of aliphatic hydroxyl groups is 2. The number of alkyl halides is 3. The number of nitrogens with zero attached hydrogens (tertiary/aromatic N) is 1. The monoisotopic (exact) mass is 1050 g/mol. The molecule has 0 aromatic carbocycles. The molecule has 1 unspecified atom stereocenters. The lowest BCUT2D eigenvalue weighted by atomic mass is 9.78. The number of allylic oxidation sites excluding steroid dienone is 6. The molecule has 0 aromatic rings. The summed E-state index contributed by atoms with van der Waals surface area (Å²) in [5, 5.41) is 23.4. The Bertz CT molecular complexity index is 2130. The molecule has 2 saturated heterocycles. The smallest absolute Gasteiger partial charge is 0.460 e. The highest BCUT2D eigenvalue weighted by atomic mass is 32.2. The minimum atomic E-state index is -5.91. The maximum atomic E-state index is 14.4. The summed E-state index contributed by atoms with van der Waals surface area (Å²) in [6.45, 7) is 12.1. The predicted octanol–water partition coefficient (Wildman–Crippen LogP) is 7.05. The average molecular weight is 1050 g/mol. The number of hydrogen-bond donors (Lipinski definition) is 2. The Morgan fingerprint density at radius 3 is 2.19 bits per heavy atom. The third-order valence-electron chi connectivity index (χ3n) is 15.0. The summed E-state index contributed by atoms with van der Waals surface area (Å²) in [5.74, 6) is -9.68. The Morgan fingerprint density at radius 2 is 1.56 bits per heavy atom. The third-order valence-corrected chi connectivity index (χ3v) is 16.1. The molecule has 1 saturated carbocycles. The molecular weight excluding hydrogens is 968 g/mol. The maximum Gasteiger partial charge on any atom is 0.523 e. The Kier molecular flexibility index (Phi) is 22.6. The molecule has 1 amide bonds. The van der Waals surface area contributed by atoms with Crippen molar-refractivity contribution in [2.24, 2.45) is 35.5 Å². The average Bonchev–Trinajstić information content (AvgIpc) is 3.32. The van der Waals surface area contributed by atoms with Crippen molar-refractivity contribution in [1.82, 2.24) is 4.90 Å². The Hall–Kier alpha value is -3.63. The van der Waals surface area contributed by atoms with Gasteiger partial charge in [-0.3, -0.25) is 23.4 Å². The van der Waals surface area contributed by atoms with Crippen LogP contribution < -0.4 is 0 Å². The van der Waals surface area contributed by atoms with E-state index in [-0.39, 0.29) is 74.7 Å². The van der Waals surface area contributed by atoms with Crippen molar-refractivity contribution < 1.29 is 83.6 Å². The SMILES string of the molecule is COC1C[C@H](C[C@@H](C)[C@@H]2CC(=O)[C@H](C)/C=C(\C)[C@@H](O)[C@@H](OC)C(=O)[C@H](C)C[C@H](C)/C=C/C=C/C=C(\C)[C@@H](OC)C[C@@H]3CC[C@@H](C)[C@@](O)(O3)C(=O)C(=O)N3CCCC[C@H]3C(=O)O2)CC[C@@H]1OS(=O)(=O)C(F)(F)F. The number of ketones is 3. The number of carbonyl (C=O) groups is 5. The molecule has 4 rings (SSSR count). The third kappa shape index (κ3) is 15.7. The number of hydrogen-bond acceptors (Lipinski definition) is 15. The highest BCUT2D eigenvalue weighted by Gasteiger charge is 2.54. The summed E-state index contributed by atoms with van der Waals surface area (Å²) in [4.78, 5) is 72.0.